The van der Waals surface area contributed by atoms with Gasteiger partial charge in [-0.3, -0.25) is 19.7 Å². The van der Waals surface area contributed by atoms with Gasteiger partial charge in [0.05, 0.1) is 12.0 Å². The highest BCUT2D eigenvalue weighted by Gasteiger charge is 2.16. The molecule has 8 nitrogen and oxygen atoms in total. The minimum atomic E-state index is -0.532. The summed E-state index contributed by atoms with van der Waals surface area (Å²) in [4.78, 5) is 33.3. The fourth-order valence-corrected chi connectivity index (χ4v) is 2.01. The molecule has 0 spiro atoms. The van der Waals surface area contributed by atoms with Gasteiger partial charge < -0.3 is 15.4 Å². The number of nitrogens with zero attached hydrogens (tertiary/aromatic N) is 1. The number of benzene rings is 1. The molecule has 23 heavy (non-hydrogen) atoms. The van der Waals surface area contributed by atoms with Gasteiger partial charge in [0.15, 0.2) is 0 Å². The second-order valence-electron chi connectivity index (χ2n) is 4.88. The normalized spacial score (nSPS) is 10.0. The number of carbonyl (C=O) groups excluding carboxylic acids is 2. The molecule has 1 aromatic carbocycles. The first-order valence-electron chi connectivity index (χ1n) is 7.30. The number of hydrogen-bond acceptors (Lipinski definition) is 6. The summed E-state index contributed by atoms with van der Waals surface area (Å²) in [6.07, 6.45) is 2.57. The number of esters is 1. The smallest absolute Gasteiger partial charge is 0.305 e. The van der Waals surface area contributed by atoms with Crippen LogP contribution in [-0.4, -0.2) is 37.5 Å². The molecule has 0 aromatic heterocycles. The molecular weight excluding hydrogens is 302 g/mol. The third-order valence-corrected chi connectivity index (χ3v) is 3.30. The summed E-state index contributed by atoms with van der Waals surface area (Å²) >= 11 is 0. The average Bonchev–Trinajstić information content (AvgIpc) is 2.56. The van der Waals surface area contributed by atoms with E-state index < -0.39 is 4.92 Å². The Labute approximate surface area is 134 Å². The van der Waals surface area contributed by atoms with Crippen LogP contribution in [0.15, 0.2) is 18.2 Å². The molecular formula is C15H21N3O5. The van der Waals surface area contributed by atoms with Gasteiger partial charge in [0.2, 0.25) is 0 Å². The highest BCUT2D eigenvalue weighted by molar-refractivity contribution is 5.95. The SMILES string of the molecule is CNc1ccc(C(=O)NCCCCCC(=O)OC)cc1[N+](=O)[O-]. The predicted molar refractivity (Wildman–Crippen MR) is 85.5 cm³/mol. The number of nitrogens with one attached hydrogen (secondary N) is 2. The lowest BCUT2D eigenvalue weighted by Gasteiger charge is -2.07. The Morgan fingerprint density at radius 1 is 1.26 bits per heavy atom. The van der Waals surface area contributed by atoms with E-state index in [1.54, 1.807) is 7.05 Å². The lowest BCUT2D eigenvalue weighted by molar-refractivity contribution is -0.384. The van der Waals surface area contributed by atoms with Crippen molar-refractivity contribution in [2.75, 3.05) is 26.0 Å². The zero-order valence-corrected chi connectivity index (χ0v) is 13.3. The van der Waals surface area contributed by atoms with E-state index in [0.717, 1.165) is 12.8 Å². The number of ether oxygens (including phenoxy) is 1. The molecule has 0 saturated carbocycles. The number of rotatable bonds is 9. The molecule has 0 atom stereocenters. The fraction of sp³-hybridized carbons (Fsp3) is 0.467. The van der Waals surface area contributed by atoms with Gasteiger partial charge in [-0.1, -0.05) is 6.42 Å². The zero-order valence-electron chi connectivity index (χ0n) is 13.3. The van der Waals surface area contributed by atoms with Crippen molar-refractivity contribution >= 4 is 23.3 Å². The summed E-state index contributed by atoms with van der Waals surface area (Å²) in [5, 5.41) is 16.4. The molecule has 8 heteroatoms. The monoisotopic (exact) mass is 323 g/mol. The van der Waals surface area contributed by atoms with Crippen LogP contribution in [0.25, 0.3) is 0 Å². The van der Waals surface area contributed by atoms with Gasteiger partial charge >= 0.3 is 5.97 Å². The molecule has 0 aliphatic heterocycles. The molecule has 126 valence electrons. The Balaban J connectivity index is 2.45. The summed E-state index contributed by atoms with van der Waals surface area (Å²) in [6, 6.07) is 4.28. The molecule has 2 N–H and O–H groups in total. The third kappa shape index (κ3) is 5.93. The van der Waals surface area contributed by atoms with E-state index >= 15 is 0 Å². The maximum absolute atomic E-state index is 12.0. The molecule has 0 aliphatic carbocycles. The molecule has 0 saturated heterocycles. The summed E-state index contributed by atoms with van der Waals surface area (Å²) in [5.74, 6) is -0.602. The minimum Gasteiger partial charge on any atom is -0.469 e. The molecule has 0 heterocycles. The first kappa shape index (κ1) is 18.4. The van der Waals surface area contributed by atoms with Crippen LogP contribution in [-0.2, 0) is 9.53 Å². The number of hydrogen-bond donors (Lipinski definition) is 2. The topological polar surface area (TPSA) is 111 Å². The number of methoxy groups -OCH3 is 1. The summed E-state index contributed by atoms with van der Waals surface area (Å²) in [7, 11) is 2.93. The van der Waals surface area contributed by atoms with Gasteiger partial charge in [0, 0.05) is 31.6 Å². The van der Waals surface area contributed by atoms with Gasteiger partial charge in [-0.15, -0.1) is 0 Å². The first-order valence-corrected chi connectivity index (χ1v) is 7.30. The van der Waals surface area contributed by atoms with Gasteiger partial charge in [-0.25, -0.2) is 0 Å². The van der Waals surface area contributed by atoms with Crippen molar-refractivity contribution in [3.8, 4) is 0 Å². The fourth-order valence-electron chi connectivity index (χ4n) is 2.01. The van der Waals surface area contributed by atoms with E-state index in [9.17, 15) is 19.7 Å². The van der Waals surface area contributed by atoms with Gasteiger partial charge in [-0.05, 0) is 25.0 Å². The molecule has 0 fully saturated rings. The van der Waals surface area contributed by atoms with Gasteiger partial charge in [-0.2, -0.15) is 0 Å². The van der Waals surface area contributed by atoms with E-state index in [1.807, 2.05) is 0 Å². The third-order valence-electron chi connectivity index (χ3n) is 3.30. The van der Waals surface area contributed by atoms with Crippen LogP contribution < -0.4 is 10.6 Å². The van der Waals surface area contributed by atoms with Crippen LogP contribution in [0.5, 0.6) is 0 Å². The maximum Gasteiger partial charge on any atom is 0.305 e. The van der Waals surface area contributed by atoms with E-state index in [1.165, 1.54) is 25.3 Å². The second kappa shape index (κ2) is 9.39. The van der Waals surface area contributed by atoms with Crippen molar-refractivity contribution in [3.63, 3.8) is 0 Å². The molecule has 0 radical (unpaired) electrons. The number of amides is 1. The van der Waals surface area contributed by atoms with Crippen LogP contribution in [0.4, 0.5) is 11.4 Å². The largest absolute Gasteiger partial charge is 0.469 e. The molecule has 0 aliphatic rings. The number of carbonyl (C=O) groups is 2. The van der Waals surface area contributed by atoms with Gasteiger partial charge in [0.1, 0.15) is 5.69 Å². The zero-order chi connectivity index (χ0) is 17.2. The molecule has 1 amide bonds. The van der Waals surface area contributed by atoms with Crippen LogP contribution in [0.2, 0.25) is 0 Å². The van der Waals surface area contributed by atoms with Crippen molar-refractivity contribution in [1.29, 1.82) is 0 Å². The van der Waals surface area contributed by atoms with E-state index in [4.69, 9.17) is 0 Å². The van der Waals surface area contributed by atoms with Crippen LogP contribution >= 0.6 is 0 Å². The summed E-state index contributed by atoms with van der Waals surface area (Å²) < 4.78 is 4.53. The van der Waals surface area contributed by atoms with Crippen molar-refractivity contribution < 1.29 is 19.2 Å². The molecule has 1 rings (SSSR count). The molecule has 1 aromatic rings. The van der Waals surface area contributed by atoms with Crippen LogP contribution in [0.1, 0.15) is 36.0 Å². The highest BCUT2D eigenvalue weighted by atomic mass is 16.6. The summed E-state index contributed by atoms with van der Waals surface area (Å²) in [6.45, 7) is 0.446. The molecule has 0 unspecified atom stereocenters. The lowest BCUT2D eigenvalue weighted by atomic mass is 10.1. The highest BCUT2D eigenvalue weighted by Crippen LogP contribution is 2.24. The van der Waals surface area contributed by atoms with Crippen LogP contribution in [0.3, 0.4) is 0 Å². The van der Waals surface area contributed by atoms with E-state index in [-0.39, 0.29) is 23.1 Å². The maximum atomic E-state index is 12.0. The Hall–Kier alpha value is -2.64. The Morgan fingerprint density at radius 2 is 2.00 bits per heavy atom. The Bertz CT molecular complexity index is 574. The van der Waals surface area contributed by atoms with Crippen molar-refractivity contribution in [1.82, 2.24) is 5.32 Å². The standard InChI is InChI=1S/C15H21N3O5/c1-16-12-8-7-11(10-13(12)18(21)22)15(20)17-9-5-3-4-6-14(19)23-2/h7-8,10,16H,3-6,9H2,1-2H3,(H,17,20). The number of anilines is 1. The van der Waals surface area contributed by atoms with Crippen molar-refractivity contribution in [3.05, 3.63) is 33.9 Å². The Kier molecular flexibility index (Phi) is 7.52. The Morgan fingerprint density at radius 3 is 2.61 bits per heavy atom. The van der Waals surface area contributed by atoms with Crippen LogP contribution in [0, 0.1) is 10.1 Å². The molecule has 0 bridgehead atoms. The predicted octanol–water partition coefficient (Wildman–Crippen LogP) is 2.10. The van der Waals surface area contributed by atoms with E-state index in [2.05, 4.69) is 15.4 Å². The number of nitro benzene ring substituents is 1. The second-order valence-corrected chi connectivity index (χ2v) is 4.88. The first-order chi connectivity index (χ1) is 11.0. The number of nitro groups is 1. The quantitative estimate of drug-likeness (QED) is 0.311. The lowest BCUT2D eigenvalue weighted by Crippen LogP contribution is -2.24. The van der Waals surface area contributed by atoms with Crippen molar-refractivity contribution in [2.45, 2.75) is 25.7 Å². The van der Waals surface area contributed by atoms with Gasteiger partial charge in [0.25, 0.3) is 11.6 Å². The van der Waals surface area contributed by atoms with Crippen molar-refractivity contribution in [2.24, 2.45) is 0 Å². The van der Waals surface area contributed by atoms with E-state index in [0.29, 0.717) is 25.1 Å². The minimum absolute atomic E-state index is 0.141. The summed E-state index contributed by atoms with van der Waals surface area (Å²) in [5.41, 5.74) is 0.456. The average molecular weight is 323 g/mol. The number of unbranched alkanes of at least 4 members (excludes halogenated alkanes) is 2.